The quantitative estimate of drug-likeness (QED) is 0.502. The van der Waals surface area contributed by atoms with Gasteiger partial charge in [0.2, 0.25) is 0 Å². The van der Waals surface area contributed by atoms with E-state index in [-0.39, 0.29) is 5.57 Å². The van der Waals surface area contributed by atoms with Gasteiger partial charge in [0, 0.05) is 0 Å². The van der Waals surface area contributed by atoms with Gasteiger partial charge in [-0.2, -0.15) is 0 Å². The van der Waals surface area contributed by atoms with Crippen LogP contribution in [0.25, 0.3) is 0 Å². The molecule has 0 aromatic heterocycles. The number of alkyl halides is 1. The molecule has 16 heavy (non-hydrogen) atoms. The lowest BCUT2D eigenvalue weighted by atomic mass is 9.93. The van der Waals surface area contributed by atoms with Crippen LogP contribution in [0.2, 0.25) is 0 Å². The molecule has 0 aliphatic heterocycles. The lowest BCUT2D eigenvalue weighted by molar-refractivity contribution is -0.136. The van der Waals surface area contributed by atoms with Gasteiger partial charge in [0.15, 0.2) is 0 Å². The lowest BCUT2D eigenvalue weighted by Crippen LogP contribution is -2.28. The molecule has 5 nitrogen and oxygen atoms in total. The molecule has 0 rings (SSSR count). The van der Waals surface area contributed by atoms with Gasteiger partial charge in [0.1, 0.15) is 0 Å². The number of carboxylic acids is 2. The number of halogens is 1. The summed E-state index contributed by atoms with van der Waals surface area (Å²) in [5.41, 5.74) is -0.743. The maximum atomic E-state index is 11.0. The molecule has 0 radical (unpaired) electrons. The maximum absolute atomic E-state index is 11.0. The first kappa shape index (κ1) is 14.9. The normalized spacial score (nSPS) is 16.6. The minimum absolute atomic E-state index is 0.284. The van der Waals surface area contributed by atoms with Crippen molar-refractivity contribution < 1.29 is 24.9 Å². The molecule has 2 atom stereocenters. The fourth-order valence-corrected chi connectivity index (χ4v) is 1.51. The summed E-state index contributed by atoms with van der Waals surface area (Å²) in [5, 5.41) is 25.9. The Morgan fingerprint density at radius 1 is 1.00 bits per heavy atom. The highest BCUT2D eigenvalue weighted by molar-refractivity contribution is 6.26. The van der Waals surface area contributed by atoms with Crippen LogP contribution in [0.4, 0.5) is 0 Å². The molecule has 0 fully saturated rings. The Labute approximate surface area is 98.3 Å². The van der Waals surface area contributed by atoms with E-state index < -0.39 is 34.9 Å². The minimum atomic E-state index is -1.42. The smallest absolute Gasteiger partial charge is 0.333 e. The summed E-state index contributed by atoms with van der Waals surface area (Å²) < 4.78 is 0. The van der Waals surface area contributed by atoms with Crippen LogP contribution in [0.3, 0.4) is 0 Å². The van der Waals surface area contributed by atoms with Crippen molar-refractivity contribution in [2.24, 2.45) is 5.92 Å². The SMILES string of the molecule is CC(C)C(C(=O)O)=C(C(=O)O)C(Cl)C(C)O. The zero-order chi connectivity index (χ0) is 13.0. The van der Waals surface area contributed by atoms with E-state index in [1.807, 2.05) is 0 Å². The fraction of sp³-hybridized carbons (Fsp3) is 0.600. The summed E-state index contributed by atoms with van der Waals surface area (Å²) in [6.07, 6.45) is -1.14. The minimum Gasteiger partial charge on any atom is -0.478 e. The van der Waals surface area contributed by atoms with Gasteiger partial charge in [-0.15, -0.1) is 11.6 Å². The van der Waals surface area contributed by atoms with Crippen LogP contribution in [-0.4, -0.2) is 38.7 Å². The number of hydrogen-bond donors (Lipinski definition) is 3. The summed E-state index contributed by atoms with van der Waals surface area (Å²) in [6.45, 7) is 4.41. The molecule has 0 heterocycles. The highest BCUT2D eigenvalue weighted by Crippen LogP contribution is 2.23. The van der Waals surface area contributed by atoms with E-state index in [9.17, 15) is 14.7 Å². The monoisotopic (exact) mass is 250 g/mol. The lowest BCUT2D eigenvalue weighted by Gasteiger charge is -2.18. The van der Waals surface area contributed by atoms with E-state index in [4.69, 9.17) is 21.8 Å². The van der Waals surface area contributed by atoms with Crippen LogP contribution in [0.5, 0.6) is 0 Å². The molecule has 3 N–H and O–H groups in total. The summed E-state index contributed by atoms with van der Waals surface area (Å²) in [5.74, 6) is -3.26. The predicted octanol–water partition coefficient (Wildman–Crippen LogP) is 1.10. The Morgan fingerprint density at radius 3 is 1.56 bits per heavy atom. The van der Waals surface area contributed by atoms with Crippen molar-refractivity contribution in [2.45, 2.75) is 32.3 Å². The Morgan fingerprint density at radius 2 is 1.38 bits per heavy atom. The van der Waals surface area contributed by atoms with Gasteiger partial charge in [-0.05, 0) is 12.8 Å². The molecule has 2 unspecified atom stereocenters. The summed E-state index contributed by atoms with van der Waals surface area (Å²) in [6, 6.07) is 0. The first-order valence-electron chi connectivity index (χ1n) is 4.72. The van der Waals surface area contributed by atoms with Gasteiger partial charge in [-0.3, -0.25) is 0 Å². The van der Waals surface area contributed by atoms with Crippen LogP contribution in [0, 0.1) is 5.92 Å². The van der Waals surface area contributed by atoms with E-state index in [0.29, 0.717) is 0 Å². The van der Waals surface area contributed by atoms with Crippen molar-refractivity contribution in [3.05, 3.63) is 11.1 Å². The fourth-order valence-electron chi connectivity index (χ4n) is 1.30. The highest BCUT2D eigenvalue weighted by Gasteiger charge is 2.30. The molecule has 0 saturated carbocycles. The molecule has 0 aliphatic carbocycles. The number of carboxylic acid groups (broad SMARTS) is 2. The van der Waals surface area contributed by atoms with Crippen LogP contribution in [-0.2, 0) is 9.59 Å². The number of rotatable bonds is 5. The van der Waals surface area contributed by atoms with Crippen molar-refractivity contribution >= 4 is 23.5 Å². The largest absolute Gasteiger partial charge is 0.478 e. The molecule has 0 spiro atoms. The van der Waals surface area contributed by atoms with Crippen LogP contribution in [0.1, 0.15) is 20.8 Å². The number of aliphatic carboxylic acids is 2. The van der Waals surface area contributed by atoms with E-state index in [1.165, 1.54) is 6.92 Å². The molecule has 6 heteroatoms. The molecule has 0 aromatic rings. The van der Waals surface area contributed by atoms with E-state index in [0.717, 1.165) is 0 Å². The third-order valence-corrected chi connectivity index (χ3v) is 2.61. The van der Waals surface area contributed by atoms with E-state index in [1.54, 1.807) is 13.8 Å². The molecule has 0 bridgehead atoms. The summed E-state index contributed by atoms with van der Waals surface area (Å²) in [7, 11) is 0. The molecule has 0 aromatic carbocycles. The van der Waals surface area contributed by atoms with Crippen molar-refractivity contribution in [1.29, 1.82) is 0 Å². The number of carbonyl (C=O) groups is 2. The van der Waals surface area contributed by atoms with Crippen LogP contribution < -0.4 is 0 Å². The number of hydrogen-bond acceptors (Lipinski definition) is 3. The van der Waals surface area contributed by atoms with Gasteiger partial charge >= 0.3 is 11.9 Å². The van der Waals surface area contributed by atoms with Crippen molar-refractivity contribution in [3.8, 4) is 0 Å². The van der Waals surface area contributed by atoms with Gasteiger partial charge in [-0.1, -0.05) is 13.8 Å². The van der Waals surface area contributed by atoms with Crippen LogP contribution in [0.15, 0.2) is 11.1 Å². The number of aliphatic hydroxyl groups excluding tert-OH is 1. The molecule has 0 aliphatic rings. The predicted molar refractivity (Wildman–Crippen MR) is 58.5 cm³/mol. The summed E-state index contributed by atoms with van der Waals surface area (Å²) in [4.78, 5) is 21.9. The van der Waals surface area contributed by atoms with Crippen LogP contribution >= 0.6 is 11.6 Å². The molecule has 92 valence electrons. The average Bonchev–Trinajstić information content (AvgIpc) is 2.10. The van der Waals surface area contributed by atoms with Gasteiger partial charge < -0.3 is 15.3 Å². The molecular weight excluding hydrogens is 236 g/mol. The highest BCUT2D eigenvalue weighted by atomic mass is 35.5. The topological polar surface area (TPSA) is 94.8 Å². The van der Waals surface area contributed by atoms with Crippen molar-refractivity contribution in [2.75, 3.05) is 0 Å². The first-order chi connectivity index (χ1) is 7.20. The second-order valence-corrected chi connectivity index (χ2v) is 4.20. The molecule has 0 saturated heterocycles. The van der Waals surface area contributed by atoms with Crippen molar-refractivity contribution in [1.82, 2.24) is 0 Å². The van der Waals surface area contributed by atoms with E-state index in [2.05, 4.69) is 0 Å². The Bertz CT molecular complexity index is 319. The Balaban J connectivity index is 5.69. The first-order valence-corrected chi connectivity index (χ1v) is 5.16. The van der Waals surface area contributed by atoms with Crippen molar-refractivity contribution in [3.63, 3.8) is 0 Å². The van der Waals surface area contributed by atoms with Gasteiger partial charge in [0.05, 0.1) is 22.6 Å². The molecular formula is C10H15ClO5. The standard InChI is InChI=1S/C10H15ClO5/c1-4(2)6(9(13)14)7(10(15)16)8(11)5(3)12/h4-5,8,12H,1-3H3,(H,13,14)(H,15,16). The second kappa shape index (κ2) is 5.86. The Kier molecular flexibility index (Phi) is 5.47. The zero-order valence-corrected chi connectivity index (χ0v) is 10.0. The third-order valence-electron chi connectivity index (χ3n) is 2.03. The Hall–Kier alpha value is -1.07. The second-order valence-electron chi connectivity index (χ2n) is 3.73. The third kappa shape index (κ3) is 3.50. The number of aliphatic hydroxyl groups is 1. The van der Waals surface area contributed by atoms with Gasteiger partial charge in [0.25, 0.3) is 0 Å². The van der Waals surface area contributed by atoms with Gasteiger partial charge in [-0.25, -0.2) is 9.59 Å². The summed E-state index contributed by atoms with van der Waals surface area (Å²) >= 11 is 5.71. The molecule has 0 amide bonds. The van der Waals surface area contributed by atoms with E-state index >= 15 is 0 Å². The average molecular weight is 251 g/mol. The maximum Gasteiger partial charge on any atom is 0.333 e. The zero-order valence-electron chi connectivity index (χ0n) is 9.27.